The van der Waals surface area contributed by atoms with Gasteiger partial charge >= 0.3 is 12.4 Å². The molecule has 2 aromatic rings. The summed E-state index contributed by atoms with van der Waals surface area (Å²) in [7, 11) is 0. The molecule has 4 nitrogen and oxygen atoms in total. The van der Waals surface area contributed by atoms with Crippen molar-refractivity contribution in [2.75, 3.05) is 26.2 Å². The first kappa shape index (κ1) is 25.2. The molecule has 0 N–H and O–H groups in total. The van der Waals surface area contributed by atoms with Crippen molar-refractivity contribution >= 4 is 11.7 Å². The summed E-state index contributed by atoms with van der Waals surface area (Å²) in [5, 5.41) is 0. The summed E-state index contributed by atoms with van der Waals surface area (Å²) in [4.78, 5) is 28.4. The zero-order valence-electron chi connectivity index (χ0n) is 18.7. The molecule has 1 amide bonds. The molecule has 2 saturated heterocycles. The minimum Gasteiger partial charge on any atom is -0.338 e. The third kappa shape index (κ3) is 5.69. The molecule has 35 heavy (non-hydrogen) atoms. The van der Waals surface area contributed by atoms with Crippen LogP contribution in [0.3, 0.4) is 0 Å². The first-order valence-corrected chi connectivity index (χ1v) is 11.3. The second kappa shape index (κ2) is 9.64. The van der Waals surface area contributed by atoms with Crippen molar-refractivity contribution < 1.29 is 35.9 Å². The molecule has 0 aliphatic carbocycles. The number of hydrogen-bond donors (Lipinski definition) is 0. The van der Waals surface area contributed by atoms with Crippen LogP contribution in [0.15, 0.2) is 48.5 Å². The van der Waals surface area contributed by atoms with Crippen LogP contribution in [0.4, 0.5) is 26.3 Å². The Labute approximate surface area is 198 Å². The Morgan fingerprint density at radius 3 is 1.94 bits per heavy atom. The number of carbonyl (C=O) groups is 2. The van der Waals surface area contributed by atoms with Gasteiger partial charge in [0.15, 0.2) is 0 Å². The lowest BCUT2D eigenvalue weighted by Gasteiger charge is -2.45. The normalized spacial score (nSPS) is 22.3. The van der Waals surface area contributed by atoms with Crippen molar-refractivity contribution in [2.24, 2.45) is 0 Å². The second-order valence-corrected chi connectivity index (χ2v) is 8.99. The summed E-state index contributed by atoms with van der Waals surface area (Å²) in [6.07, 6.45) is -8.69. The monoisotopic (exact) mass is 498 g/mol. The van der Waals surface area contributed by atoms with E-state index in [4.69, 9.17) is 0 Å². The number of benzene rings is 2. The Morgan fingerprint density at radius 1 is 0.829 bits per heavy atom. The Hall–Kier alpha value is -2.88. The Bertz CT molecular complexity index is 1040. The van der Waals surface area contributed by atoms with Crippen LogP contribution < -0.4 is 0 Å². The minimum atomic E-state index is -5.03. The predicted molar refractivity (Wildman–Crippen MR) is 116 cm³/mol. The molecule has 2 fully saturated rings. The van der Waals surface area contributed by atoms with E-state index in [-0.39, 0.29) is 36.9 Å². The van der Waals surface area contributed by atoms with Crippen molar-refractivity contribution in [1.29, 1.82) is 0 Å². The number of rotatable bonds is 3. The van der Waals surface area contributed by atoms with Gasteiger partial charge in [-0.1, -0.05) is 30.3 Å². The van der Waals surface area contributed by atoms with Gasteiger partial charge in [0.05, 0.1) is 11.1 Å². The summed E-state index contributed by atoms with van der Waals surface area (Å²) in [5.41, 5.74) is -2.74. The maximum absolute atomic E-state index is 13.3. The largest absolute Gasteiger partial charge is 0.416 e. The van der Waals surface area contributed by atoms with Gasteiger partial charge in [0.2, 0.25) is 0 Å². The van der Waals surface area contributed by atoms with E-state index in [1.54, 1.807) is 0 Å². The van der Waals surface area contributed by atoms with E-state index in [9.17, 15) is 35.9 Å². The van der Waals surface area contributed by atoms with Crippen molar-refractivity contribution in [3.63, 3.8) is 0 Å². The topological polar surface area (TPSA) is 40.6 Å². The lowest BCUT2D eigenvalue weighted by molar-refractivity contribution is -0.143. The van der Waals surface area contributed by atoms with Crippen molar-refractivity contribution in [2.45, 2.75) is 43.6 Å². The summed E-state index contributed by atoms with van der Waals surface area (Å²) < 4.78 is 79.7. The number of halogens is 6. The molecule has 188 valence electrons. The van der Waals surface area contributed by atoms with Crippen LogP contribution in [-0.2, 0) is 17.1 Å². The third-order valence-corrected chi connectivity index (χ3v) is 6.75. The van der Waals surface area contributed by atoms with E-state index in [2.05, 4.69) is 4.90 Å². The van der Waals surface area contributed by atoms with E-state index in [1.807, 2.05) is 30.3 Å². The van der Waals surface area contributed by atoms with E-state index in [0.29, 0.717) is 44.5 Å². The van der Waals surface area contributed by atoms with Crippen LogP contribution in [0.2, 0.25) is 0 Å². The Kier molecular flexibility index (Phi) is 6.95. The molecule has 2 aromatic carbocycles. The molecule has 2 atom stereocenters. The fourth-order valence-corrected chi connectivity index (χ4v) is 4.96. The zero-order valence-corrected chi connectivity index (χ0v) is 18.7. The SMILES string of the molecule is O=C1CCN([C@H]2CCN(C(=O)c3cc(C(F)(F)F)cc(C(F)(F)F)c3)C[C@H]2c2ccccc2)CC1. The van der Waals surface area contributed by atoms with Gasteiger partial charge in [-0.05, 0) is 30.2 Å². The maximum Gasteiger partial charge on any atom is 0.416 e. The lowest BCUT2D eigenvalue weighted by atomic mass is 9.83. The number of ketones is 1. The molecule has 10 heteroatoms. The van der Waals surface area contributed by atoms with Gasteiger partial charge in [0.25, 0.3) is 5.91 Å². The molecular formula is C25H24F6N2O2. The van der Waals surface area contributed by atoms with Crippen molar-refractivity contribution in [3.05, 3.63) is 70.8 Å². The van der Waals surface area contributed by atoms with Crippen LogP contribution in [0, 0.1) is 0 Å². The van der Waals surface area contributed by atoms with Gasteiger partial charge in [-0.3, -0.25) is 14.5 Å². The van der Waals surface area contributed by atoms with Crippen LogP contribution in [0.5, 0.6) is 0 Å². The number of Topliss-reactive ketones (excluding diaryl/α,β-unsaturated/α-hetero) is 1. The van der Waals surface area contributed by atoms with Gasteiger partial charge < -0.3 is 4.90 Å². The molecule has 2 aliphatic rings. The fraction of sp³-hybridized carbons (Fsp3) is 0.440. The van der Waals surface area contributed by atoms with Crippen molar-refractivity contribution in [3.8, 4) is 0 Å². The Balaban J connectivity index is 1.63. The Morgan fingerprint density at radius 2 is 1.40 bits per heavy atom. The van der Waals surface area contributed by atoms with Crippen LogP contribution in [-0.4, -0.2) is 53.7 Å². The standard InChI is InChI=1S/C25H24F6N2O2/c26-24(27,28)18-12-17(13-19(14-18)25(29,30)31)23(35)33-11-8-22(32-9-6-20(34)7-10-32)21(15-33)16-4-2-1-3-5-16/h1-5,12-14,21-22H,6-11,15H2/t21-,22-/m0/s1. The highest BCUT2D eigenvalue weighted by Gasteiger charge is 2.40. The average Bonchev–Trinajstić information content (AvgIpc) is 2.83. The zero-order chi connectivity index (χ0) is 25.4. The number of hydrogen-bond acceptors (Lipinski definition) is 3. The lowest BCUT2D eigenvalue weighted by Crippen LogP contribution is -2.53. The smallest absolute Gasteiger partial charge is 0.338 e. The summed E-state index contributed by atoms with van der Waals surface area (Å²) in [6, 6.07) is 10.3. The van der Waals surface area contributed by atoms with E-state index >= 15 is 0 Å². The highest BCUT2D eigenvalue weighted by atomic mass is 19.4. The van der Waals surface area contributed by atoms with Crippen LogP contribution >= 0.6 is 0 Å². The van der Waals surface area contributed by atoms with Gasteiger partial charge in [-0.25, -0.2) is 0 Å². The summed E-state index contributed by atoms with van der Waals surface area (Å²) in [6.45, 7) is 1.51. The molecule has 2 heterocycles. The molecule has 0 unspecified atom stereocenters. The number of piperidine rings is 2. The first-order chi connectivity index (χ1) is 16.4. The summed E-state index contributed by atoms with van der Waals surface area (Å²) in [5.74, 6) is -0.875. The first-order valence-electron chi connectivity index (χ1n) is 11.3. The van der Waals surface area contributed by atoms with Gasteiger partial charge in [-0.2, -0.15) is 26.3 Å². The van der Waals surface area contributed by atoms with Gasteiger partial charge in [-0.15, -0.1) is 0 Å². The van der Waals surface area contributed by atoms with Crippen LogP contribution in [0.25, 0.3) is 0 Å². The average molecular weight is 498 g/mol. The van der Waals surface area contributed by atoms with Gasteiger partial charge in [0.1, 0.15) is 5.78 Å². The van der Waals surface area contributed by atoms with E-state index < -0.39 is 35.0 Å². The van der Waals surface area contributed by atoms with E-state index in [0.717, 1.165) is 5.56 Å². The molecule has 0 spiro atoms. The molecule has 0 radical (unpaired) electrons. The highest BCUT2D eigenvalue weighted by molar-refractivity contribution is 5.95. The van der Waals surface area contributed by atoms with E-state index in [1.165, 1.54) is 4.90 Å². The predicted octanol–water partition coefficient (Wildman–Crippen LogP) is 5.39. The highest BCUT2D eigenvalue weighted by Crippen LogP contribution is 2.38. The number of carbonyl (C=O) groups excluding carboxylic acids is 2. The fourth-order valence-electron chi connectivity index (χ4n) is 4.96. The maximum atomic E-state index is 13.3. The minimum absolute atomic E-state index is 0.00166. The number of likely N-dealkylation sites (tertiary alicyclic amines) is 2. The van der Waals surface area contributed by atoms with Crippen LogP contribution in [0.1, 0.15) is 52.2 Å². The number of amides is 1. The second-order valence-electron chi connectivity index (χ2n) is 8.99. The molecular weight excluding hydrogens is 474 g/mol. The number of nitrogens with zero attached hydrogens (tertiary/aromatic N) is 2. The van der Waals surface area contributed by atoms with Crippen molar-refractivity contribution in [1.82, 2.24) is 9.80 Å². The third-order valence-electron chi connectivity index (χ3n) is 6.75. The summed E-state index contributed by atoms with van der Waals surface area (Å²) >= 11 is 0. The molecule has 2 aliphatic heterocycles. The molecule has 0 bridgehead atoms. The molecule has 0 aromatic heterocycles. The van der Waals surface area contributed by atoms with Gasteiger partial charge in [0, 0.05) is 56.5 Å². The molecule has 0 saturated carbocycles. The quantitative estimate of drug-likeness (QED) is 0.533. The molecule has 4 rings (SSSR count). The number of alkyl halides is 6.